The van der Waals surface area contributed by atoms with Gasteiger partial charge in [-0.3, -0.25) is 4.79 Å². The average molecular weight is 598 g/mol. The third-order valence-corrected chi connectivity index (χ3v) is 9.05. The molecule has 2 aliphatic rings. The summed E-state index contributed by atoms with van der Waals surface area (Å²) in [5.41, 5.74) is 1.11. The van der Waals surface area contributed by atoms with E-state index in [1.54, 1.807) is 6.92 Å². The maximum Gasteiger partial charge on any atom is 0.408 e. The first-order chi connectivity index (χ1) is 18.8. The summed E-state index contributed by atoms with van der Waals surface area (Å²) in [7, 11) is 0. The molecule has 5 unspecified atom stereocenters. The topological polar surface area (TPSA) is 101 Å². The number of hydrogen-bond acceptors (Lipinski definition) is 5. The molecule has 0 saturated heterocycles. The number of carbonyl (C=O) groups excluding carboxylic acids is 2. The smallest absolute Gasteiger partial charge is 0.408 e. The van der Waals surface area contributed by atoms with Gasteiger partial charge in [0.25, 0.3) is 0 Å². The highest BCUT2D eigenvalue weighted by atomic mass is 79.9. The fourth-order valence-electron chi connectivity index (χ4n) is 6.29. The van der Waals surface area contributed by atoms with Crippen LogP contribution in [-0.2, 0) is 22.4 Å². The van der Waals surface area contributed by atoms with E-state index in [1.807, 2.05) is 54.6 Å². The number of carbonyl (C=O) groups is 2. The molecule has 0 radical (unpaired) electrons. The lowest BCUT2D eigenvalue weighted by atomic mass is 9.71. The standard InChI is InChI=1S/C31H37BrN2O5/c1-31(18-25-24-12-5-6-13-27(24)38-28(25)32,29(36)33-23(19-35)17-20-8-3-2-4-9-20)34-30(37)39-26-15-14-21-10-7-11-22(26)16-21/h2-6,8-9,12-13,21-23,26,35H,7,10-11,14-19H2,1H3,(H,33,36)(H,34,37). The molecule has 5 rings (SSSR count). The molecule has 1 heterocycles. The predicted octanol–water partition coefficient (Wildman–Crippen LogP) is 5.91. The fourth-order valence-corrected chi connectivity index (χ4v) is 6.82. The highest BCUT2D eigenvalue weighted by Gasteiger charge is 2.41. The van der Waals surface area contributed by atoms with Crippen molar-refractivity contribution in [2.24, 2.45) is 11.8 Å². The van der Waals surface area contributed by atoms with Crippen LogP contribution in [0.25, 0.3) is 11.0 Å². The first-order valence-corrected chi connectivity index (χ1v) is 14.7. The molecule has 2 fully saturated rings. The third kappa shape index (κ3) is 6.49. The number of alkyl carbamates (subject to hydrolysis) is 1. The van der Waals surface area contributed by atoms with Crippen LogP contribution in [0.3, 0.4) is 0 Å². The van der Waals surface area contributed by atoms with Gasteiger partial charge in [-0.1, -0.05) is 61.4 Å². The van der Waals surface area contributed by atoms with E-state index in [9.17, 15) is 14.7 Å². The Kier molecular flexibility index (Phi) is 8.62. The van der Waals surface area contributed by atoms with Crippen molar-refractivity contribution in [1.82, 2.24) is 10.6 Å². The van der Waals surface area contributed by atoms with Crippen molar-refractivity contribution < 1.29 is 23.8 Å². The number of nitrogens with one attached hydrogen (secondary N) is 2. The van der Waals surface area contributed by atoms with Crippen molar-refractivity contribution >= 4 is 38.9 Å². The van der Waals surface area contributed by atoms with Crippen molar-refractivity contribution in [2.45, 2.75) is 76.0 Å². The third-order valence-electron chi connectivity index (χ3n) is 8.41. The molecule has 2 bridgehead atoms. The summed E-state index contributed by atoms with van der Waals surface area (Å²) in [4.78, 5) is 27.2. The van der Waals surface area contributed by atoms with Crippen LogP contribution in [0.5, 0.6) is 0 Å². The summed E-state index contributed by atoms with van der Waals surface area (Å²) in [6.45, 7) is 1.47. The second kappa shape index (κ2) is 12.1. The van der Waals surface area contributed by atoms with Crippen molar-refractivity contribution in [2.75, 3.05) is 6.61 Å². The summed E-state index contributed by atoms with van der Waals surface area (Å²) in [6, 6.07) is 16.8. The Hall–Kier alpha value is -2.84. The molecule has 2 saturated carbocycles. The number of fused-ring (bicyclic) bond motifs is 3. The number of ether oxygens (including phenoxy) is 1. The van der Waals surface area contributed by atoms with Gasteiger partial charge in [0.05, 0.1) is 12.6 Å². The summed E-state index contributed by atoms with van der Waals surface area (Å²) in [6.07, 6.45) is 6.52. The van der Waals surface area contributed by atoms with Gasteiger partial charge in [-0.15, -0.1) is 0 Å². The first-order valence-electron chi connectivity index (χ1n) is 13.9. The highest BCUT2D eigenvalue weighted by Crippen LogP contribution is 2.41. The van der Waals surface area contributed by atoms with Gasteiger partial charge in [0.2, 0.25) is 5.91 Å². The van der Waals surface area contributed by atoms with Gasteiger partial charge in [0.15, 0.2) is 4.67 Å². The van der Waals surface area contributed by atoms with Crippen LogP contribution in [0.2, 0.25) is 0 Å². The number of aliphatic hydroxyl groups excluding tert-OH is 1. The van der Waals surface area contributed by atoms with E-state index in [1.165, 1.54) is 12.8 Å². The van der Waals surface area contributed by atoms with Gasteiger partial charge >= 0.3 is 6.09 Å². The Labute approximate surface area is 237 Å². The van der Waals surface area contributed by atoms with Crippen LogP contribution in [0.1, 0.15) is 56.6 Å². The normalized spacial score (nSPS) is 23.0. The Morgan fingerprint density at radius 1 is 1.10 bits per heavy atom. The van der Waals surface area contributed by atoms with Crippen molar-refractivity contribution in [1.29, 1.82) is 0 Å². The Bertz CT molecular complexity index is 1290. The van der Waals surface area contributed by atoms with E-state index in [0.29, 0.717) is 22.6 Å². The minimum Gasteiger partial charge on any atom is -0.449 e. The van der Waals surface area contributed by atoms with E-state index in [-0.39, 0.29) is 19.1 Å². The zero-order chi connectivity index (χ0) is 27.4. The van der Waals surface area contributed by atoms with E-state index < -0.39 is 23.6 Å². The summed E-state index contributed by atoms with van der Waals surface area (Å²) in [5.74, 6) is 0.738. The Morgan fingerprint density at radius 2 is 1.87 bits per heavy atom. The molecular weight excluding hydrogens is 560 g/mol. The fraction of sp³-hybridized carbons (Fsp3) is 0.484. The van der Waals surface area contributed by atoms with Crippen LogP contribution in [0.4, 0.5) is 4.79 Å². The molecule has 1 aromatic heterocycles. The second-order valence-corrected chi connectivity index (χ2v) is 12.1. The van der Waals surface area contributed by atoms with Crippen LogP contribution in [-0.4, -0.2) is 41.4 Å². The molecule has 2 aliphatic carbocycles. The number of hydrogen-bond donors (Lipinski definition) is 3. The van der Waals surface area contributed by atoms with E-state index in [4.69, 9.17) is 9.15 Å². The molecule has 2 amide bonds. The number of benzene rings is 2. The summed E-state index contributed by atoms with van der Waals surface area (Å²) < 4.78 is 12.4. The van der Waals surface area contributed by atoms with Crippen LogP contribution < -0.4 is 10.6 Å². The molecule has 5 atom stereocenters. The largest absolute Gasteiger partial charge is 0.449 e. The van der Waals surface area contributed by atoms with E-state index >= 15 is 0 Å². The Balaban J connectivity index is 1.36. The lowest BCUT2D eigenvalue weighted by Gasteiger charge is -2.40. The van der Waals surface area contributed by atoms with Gasteiger partial charge in [-0.05, 0) is 78.4 Å². The summed E-state index contributed by atoms with van der Waals surface area (Å²) >= 11 is 3.51. The molecule has 2 aromatic carbocycles. The molecule has 208 valence electrons. The van der Waals surface area contributed by atoms with Gasteiger partial charge < -0.3 is 24.9 Å². The minimum absolute atomic E-state index is 0.126. The number of furan rings is 1. The van der Waals surface area contributed by atoms with Crippen LogP contribution >= 0.6 is 15.9 Å². The van der Waals surface area contributed by atoms with Gasteiger partial charge in [0, 0.05) is 17.4 Å². The van der Waals surface area contributed by atoms with E-state index in [2.05, 4.69) is 26.6 Å². The van der Waals surface area contributed by atoms with Crippen molar-refractivity contribution in [3.63, 3.8) is 0 Å². The SMILES string of the molecule is CC(Cc1c(Br)oc2ccccc12)(NC(=O)OC1CCC2CCCC1C2)C(=O)NC(CO)Cc1ccccc1. The quantitative estimate of drug-likeness (QED) is 0.285. The maximum absolute atomic E-state index is 13.9. The van der Waals surface area contributed by atoms with Gasteiger partial charge in [0.1, 0.15) is 17.2 Å². The molecule has 3 aromatic rings. The average Bonchev–Trinajstić information content (AvgIpc) is 3.25. The van der Waals surface area contributed by atoms with Gasteiger partial charge in [-0.25, -0.2) is 4.79 Å². The zero-order valence-electron chi connectivity index (χ0n) is 22.3. The first kappa shape index (κ1) is 27.7. The van der Waals surface area contributed by atoms with E-state index in [0.717, 1.165) is 48.1 Å². The Morgan fingerprint density at radius 3 is 2.67 bits per heavy atom. The van der Waals surface area contributed by atoms with Crippen LogP contribution in [0.15, 0.2) is 63.7 Å². The number of amides is 2. The molecule has 39 heavy (non-hydrogen) atoms. The molecule has 3 N–H and O–H groups in total. The minimum atomic E-state index is -1.36. The monoisotopic (exact) mass is 596 g/mol. The molecule has 8 heteroatoms. The molecule has 0 spiro atoms. The maximum atomic E-state index is 13.9. The number of rotatable bonds is 9. The lowest BCUT2D eigenvalue weighted by Crippen LogP contribution is -2.61. The van der Waals surface area contributed by atoms with Crippen molar-refractivity contribution in [3.05, 3.63) is 70.4 Å². The zero-order valence-corrected chi connectivity index (χ0v) is 23.9. The van der Waals surface area contributed by atoms with Crippen molar-refractivity contribution in [3.8, 4) is 0 Å². The number of halogens is 1. The summed E-state index contributed by atoms with van der Waals surface area (Å²) in [5, 5.41) is 16.8. The predicted molar refractivity (Wildman–Crippen MR) is 153 cm³/mol. The molecule has 7 nitrogen and oxygen atoms in total. The molecule has 0 aliphatic heterocycles. The number of para-hydroxylation sites is 1. The highest BCUT2D eigenvalue weighted by molar-refractivity contribution is 9.10. The van der Waals surface area contributed by atoms with Crippen LogP contribution in [0, 0.1) is 11.8 Å². The molecular formula is C31H37BrN2O5. The number of aliphatic hydroxyl groups is 1. The van der Waals surface area contributed by atoms with Gasteiger partial charge in [-0.2, -0.15) is 0 Å². The second-order valence-electron chi connectivity index (χ2n) is 11.3. The lowest BCUT2D eigenvalue weighted by molar-refractivity contribution is -0.128.